The van der Waals surface area contributed by atoms with Crippen molar-refractivity contribution in [3.63, 3.8) is 0 Å². The Hall–Kier alpha value is -4.92. The van der Waals surface area contributed by atoms with E-state index in [-0.39, 0.29) is 5.91 Å². The molecule has 0 saturated heterocycles. The van der Waals surface area contributed by atoms with E-state index in [0.717, 1.165) is 22.5 Å². The molecule has 36 heavy (non-hydrogen) atoms. The van der Waals surface area contributed by atoms with Crippen molar-refractivity contribution in [3.8, 4) is 34.0 Å². The molecule has 0 aliphatic carbocycles. The Morgan fingerprint density at radius 3 is 2.33 bits per heavy atom. The molecule has 0 bridgehead atoms. The lowest BCUT2D eigenvalue weighted by molar-refractivity contribution is 0.0946. The molecule has 5 aromatic rings. The van der Waals surface area contributed by atoms with Gasteiger partial charge in [-0.15, -0.1) is 0 Å². The van der Waals surface area contributed by atoms with Crippen LogP contribution in [0.15, 0.2) is 91.6 Å². The molecule has 0 atom stereocenters. The summed E-state index contributed by atoms with van der Waals surface area (Å²) in [6.45, 7) is 0.347. The maximum atomic E-state index is 13.3. The first-order chi connectivity index (χ1) is 17.7. The molecule has 0 aliphatic heterocycles. The van der Waals surface area contributed by atoms with E-state index in [1.165, 1.54) is 6.33 Å². The van der Waals surface area contributed by atoms with Crippen LogP contribution in [0.1, 0.15) is 16.1 Å². The van der Waals surface area contributed by atoms with E-state index in [4.69, 9.17) is 9.47 Å². The predicted octanol–water partition coefficient (Wildman–Crippen LogP) is 4.07. The minimum atomic E-state index is -0.283. The number of para-hydroxylation sites is 1. The van der Waals surface area contributed by atoms with Gasteiger partial charge in [0.1, 0.15) is 12.7 Å². The fourth-order valence-electron chi connectivity index (χ4n) is 3.84. The van der Waals surface area contributed by atoms with Crippen LogP contribution in [0.2, 0.25) is 0 Å². The van der Waals surface area contributed by atoms with Gasteiger partial charge in [-0.3, -0.25) is 4.79 Å². The number of benzene rings is 3. The molecule has 0 unspecified atom stereocenters. The summed E-state index contributed by atoms with van der Waals surface area (Å²) < 4.78 is 14.2. The van der Waals surface area contributed by atoms with Crippen molar-refractivity contribution in [1.29, 1.82) is 0 Å². The Morgan fingerprint density at radius 1 is 0.889 bits per heavy atom. The summed E-state index contributed by atoms with van der Waals surface area (Å²) in [5.41, 5.74) is 4.46. The summed E-state index contributed by atoms with van der Waals surface area (Å²) in [6, 6.07) is 22.9. The summed E-state index contributed by atoms with van der Waals surface area (Å²) in [4.78, 5) is 17.3. The number of methoxy groups -OCH3 is 2. The lowest BCUT2D eigenvalue weighted by atomic mass is 10.1. The molecule has 180 valence electrons. The summed E-state index contributed by atoms with van der Waals surface area (Å²) in [7, 11) is 3.17. The van der Waals surface area contributed by atoms with Crippen LogP contribution in [0.25, 0.3) is 22.5 Å². The van der Waals surface area contributed by atoms with Gasteiger partial charge in [-0.25, -0.2) is 14.3 Å². The normalized spacial score (nSPS) is 10.7. The Bertz CT molecular complexity index is 1460. The number of nitrogens with one attached hydrogen (secondary N) is 1. The quantitative estimate of drug-likeness (QED) is 0.360. The van der Waals surface area contributed by atoms with Crippen LogP contribution in [0.3, 0.4) is 0 Å². The molecule has 9 heteroatoms. The molecule has 9 nitrogen and oxygen atoms in total. The van der Waals surface area contributed by atoms with Gasteiger partial charge >= 0.3 is 0 Å². The molecular formula is C27H24N6O3. The molecular weight excluding hydrogens is 456 g/mol. The maximum absolute atomic E-state index is 13.3. The first-order valence-electron chi connectivity index (χ1n) is 11.3. The molecule has 0 radical (unpaired) electrons. The van der Waals surface area contributed by atoms with Gasteiger partial charge in [0.2, 0.25) is 0 Å². The highest BCUT2D eigenvalue weighted by atomic mass is 16.5. The second-order valence-corrected chi connectivity index (χ2v) is 7.93. The van der Waals surface area contributed by atoms with Crippen molar-refractivity contribution in [1.82, 2.24) is 29.9 Å². The van der Waals surface area contributed by atoms with Gasteiger partial charge in [-0.05, 0) is 47.5 Å². The van der Waals surface area contributed by atoms with Crippen LogP contribution in [-0.2, 0) is 6.54 Å². The number of rotatable bonds is 8. The van der Waals surface area contributed by atoms with E-state index < -0.39 is 0 Å². The third-order valence-corrected chi connectivity index (χ3v) is 5.72. The Kier molecular flexibility index (Phi) is 6.44. The predicted molar refractivity (Wildman–Crippen MR) is 135 cm³/mol. The van der Waals surface area contributed by atoms with Crippen LogP contribution >= 0.6 is 0 Å². The topological polar surface area (TPSA) is 96.1 Å². The summed E-state index contributed by atoms with van der Waals surface area (Å²) in [5, 5.41) is 11.7. The smallest absolute Gasteiger partial charge is 0.272 e. The van der Waals surface area contributed by atoms with Crippen molar-refractivity contribution in [2.45, 2.75) is 6.54 Å². The molecule has 0 aliphatic rings. The van der Waals surface area contributed by atoms with Crippen LogP contribution in [-0.4, -0.2) is 44.7 Å². The summed E-state index contributed by atoms with van der Waals surface area (Å²) in [5.74, 6) is 0.896. The standard InChI is InChI=1S/C27H24N6O3/c1-35-24-13-10-20(14-25(24)36-2)23-16-32(21-6-4-3-5-7-21)31-26(23)27(34)29-15-19-8-11-22(12-9-19)33-18-28-17-30-33/h3-14,16-18H,15H2,1-2H3,(H,29,34). The average molecular weight is 481 g/mol. The Morgan fingerprint density at radius 2 is 1.64 bits per heavy atom. The van der Waals surface area contributed by atoms with Crippen LogP contribution in [0.5, 0.6) is 11.5 Å². The van der Waals surface area contributed by atoms with E-state index in [2.05, 4.69) is 20.5 Å². The first kappa shape index (κ1) is 22.9. The highest BCUT2D eigenvalue weighted by Crippen LogP contribution is 2.34. The molecule has 2 heterocycles. The molecule has 3 aromatic carbocycles. The maximum Gasteiger partial charge on any atom is 0.272 e. The van der Waals surface area contributed by atoms with Gasteiger partial charge in [0, 0.05) is 18.3 Å². The van der Waals surface area contributed by atoms with Gasteiger partial charge in [0.15, 0.2) is 17.2 Å². The van der Waals surface area contributed by atoms with Gasteiger partial charge in [0.25, 0.3) is 5.91 Å². The van der Waals surface area contributed by atoms with Crippen molar-refractivity contribution in [2.75, 3.05) is 14.2 Å². The number of aromatic nitrogens is 5. The largest absolute Gasteiger partial charge is 0.493 e. The van der Waals surface area contributed by atoms with Crippen LogP contribution < -0.4 is 14.8 Å². The van der Waals surface area contributed by atoms with Gasteiger partial charge < -0.3 is 14.8 Å². The Labute approximate surface area is 207 Å². The fourth-order valence-corrected chi connectivity index (χ4v) is 3.84. The number of amides is 1. The van der Waals surface area contributed by atoms with Gasteiger partial charge in [-0.1, -0.05) is 36.4 Å². The molecule has 0 spiro atoms. The second-order valence-electron chi connectivity index (χ2n) is 7.93. The molecule has 1 amide bonds. The van der Waals surface area contributed by atoms with E-state index in [1.807, 2.05) is 79.0 Å². The number of carbonyl (C=O) groups is 1. The minimum Gasteiger partial charge on any atom is -0.493 e. The number of hydrogen-bond acceptors (Lipinski definition) is 6. The monoisotopic (exact) mass is 480 g/mol. The SMILES string of the molecule is COc1ccc(-c2cn(-c3ccccc3)nc2C(=O)NCc2ccc(-n3cncn3)cc2)cc1OC. The van der Waals surface area contributed by atoms with E-state index in [0.29, 0.717) is 29.3 Å². The third kappa shape index (κ3) is 4.67. The van der Waals surface area contributed by atoms with Crippen molar-refractivity contribution >= 4 is 5.91 Å². The fraction of sp³-hybridized carbons (Fsp3) is 0.111. The second kappa shape index (κ2) is 10.1. The van der Waals surface area contributed by atoms with Crippen LogP contribution in [0, 0.1) is 0 Å². The molecule has 0 fully saturated rings. The molecule has 0 saturated carbocycles. The zero-order valence-electron chi connectivity index (χ0n) is 19.8. The Balaban J connectivity index is 1.43. The number of ether oxygens (including phenoxy) is 2. The van der Waals surface area contributed by atoms with E-state index in [9.17, 15) is 4.79 Å². The van der Waals surface area contributed by atoms with Crippen molar-refractivity contribution < 1.29 is 14.3 Å². The number of nitrogens with zero attached hydrogens (tertiary/aromatic N) is 5. The molecule has 2 aromatic heterocycles. The van der Waals surface area contributed by atoms with E-state index >= 15 is 0 Å². The summed E-state index contributed by atoms with van der Waals surface area (Å²) >= 11 is 0. The van der Waals surface area contributed by atoms with Gasteiger partial charge in [-0.2, -0.15) is 10.2 Å². The zero-order chi connectivity index (χ0) is 24.9. The first-order valence-corrected chi connectivity index (χ1v) is 11.3. The number of hydrogen-bond donors (Lipinski definition) is 1. The third-order valence-electron chi connectivity index (χ3n) is 5.72. The summed E-state index contributed by atoms with van der Waals surface area (Å²) in [6.07, 6.45) is 4.96. The molecule has 1 N–H and O–H groups in total. The number of carbonyl (C=O) groups excluding carboxylic acids is 1. The van der Waals surface area contributed by atoms with E-state index in [1.54, 1.807) is 29.9 Å². The van der Waals surface area contributed by atoms with Crippen molar-refractivity contribution in [2.24, 2.45) is 0 Å². The lowest BCUT2D eigenvalue weighted by Gasteiger charge is -2.10. The highest BCUT2D eigenvalue weighted by Gasteiger charge is 2.20. The zero-order valence-corrected chi connectivity index (χ0v) is 19.8. The van der Waals surface area contributed by atoms with Crippen LogP contribution in [0.4, 0.5) is 0 Å². The minimum absolute atomic E-state index is 0.283. The highest BCUT2D eigenvalue weighted by molar-refractivity contribution is 5.99. The van der Waals surface area contributed by atoms with Crippen molar-refractivity contribution in [3.05, 3.63) is 103 Å². The molecule has 5 rings (SSSR count). The lowest BCUT2D eigenvalue weighted by Crippen LogP contribution is -2.24. The average Bonchev–Trinajstić information content (AvgIpc) is 3.63. The van der Waals surface area contributed by atoms with Gasteiger partial charge in [0.05, 0.1) is 25.6 Å².